The smallest absolute Gasteiger partial charge is 0.253 e. The van der Waals surface area contributed by atoms with Gasteiger partial charge in [-0.05, 0) is 49.7 Å². The number of hydrogen-bond acceptors (Lipinski definition) is 7. The van der Waals surface area contributed by atoms with E-state index < -0.39 is 32.9 Å². The zero-order chi connectivity index (χ0) is 33.0. The zero-order valence-corrected chi connectivity index (χ0v) is 27.1. The zero-order valence-electron chi connectivity index (χ0n) is 26.3. The van der Waals surface area contributed by atoms with Crippen LogP contribution >= 0.6 is 0 Å². The summed E-state index contributed by atoms with van der Waals surface area (Å²) in [4.78, 5) is 27.4. The third kappa shape index (κ3) is 6.52. The second kappa shape index (κ2) is 12.2. The van der Waals surface area contributed by atoms with Crippen molar-refractivity contribution in [3.05, 3.63) is 40.5 Å². The molecule has 2 amide bonds. The van der Waals surface area contributed by atoms with Gasteiger partial charge in [-0.1, -0.05) is 13.8 Å². The van der Waals surface area contributed by atoms with Crippen LogP contribution in [-0.2, 0) is 39.0 Å². The first-order valence-electron chi connectivity index (χ1n) is 16.0. The number of nitrogens with two attached hydrogens (primary N) is 1. The molecule has 1 aromatic heterocycles. The van der Waals surface area contributed by atoms with Gasteiger partial charge in [-0.25, -0.2) is 21.6 Å². The van der Waals surface area contributed by atoms with Gasteiger partial charge in [0, 0.05) is 62.2 Å². The van der Waals surface area contributed by atoms with Gasteiger partial charge in [-0.2, -0.15) is 0 Å². The molecule has 4 heterocycles. The van der Waals surface area contributed by atoms with E-state index >= 15 is 4.39 Å². The van der Waals surface area contributed by atoms with Crippen molar-refractivity contribution in [1.29, 1.82) is 0 Å². The van der Waals surface area contributed by atoms with E-state index in [9.17, 15) is 26.8 Å². The van der Waals surface area contributed by atoms with Crippen LogP contribution in [-0.4, -0.2) is 73.6 Å². The molecule has 0 spiro atoms. The number of primary amides is 1. The van der Waals surface area contributed by atoms with Gasteiger partial charge >= 0.3 is 0 Å². The van der Waals surface area contributed by atoms with Crippen molar-refractivity contribution >= 4 is 27.3 Å². The number of hydrogen-bond donors (Lipinski definition) is 3. The molecule has 1 aromatic carbocycles. The van der Waals surface area contributed by atoms with Crippen molar-refractivity contribution in [3.8, 4) is 5.69 Å². The van der Waals surface area contributed by atoms with Crippen molar-refractivity contribution in [2.24, 2.45) is 17.1 Å². The number of nitrogens with one attached hydrogen (secondary N) is 2. The lowest BCUT2D eigenvalue weighted by atomic mass is 9.85. The van der Waals surface area contributed by atoms with Crippen LogP contribution in [0, 0.1) is 17.2 Å². The number of amides is 2. The van der Waals surface area contributed by atoms with Gasteiger partial charge < -0.3 is 30.6 Å². The number of ether oxygens (including phenoxy) is 1. The Kier molecular flexibility index (Phi) is 8.68. The Morgan fingerprint density at radius 1 is 1.07 bits per heavy atom. The highest BCUT2D eigenvalue weighted by atomic mass is 32.2. The summed E-state index contributed by atoms with van der Waals surface area (Å²) in [6, 6.07) is 2.71. The largest absolute Gasteiger partial charge is 0.382 e. The molecule has 6 rings (SSSR count). The summed E-state index contributed by atoms with van der Waals surface area (Å²) in [5.74, 6) is -4.62. The molecule has 1 saturated carbocycles. The number of halogens is 3. The third-order valence-corrected chi connectivity index (χ3v) is 12.1. The average Bonchev–Trinajstić information content (AvgIpc) is 3.53. The van der Waals surface area contributed by atoms with Crippen molar-refractivity contribution < 1.29 is 35.9 Å². The van der Waals surface area contributed by atoms with Crippen LogP contribution in [0.5, 0.6) is 0 Å². The molecule has 2 aromatic rings. The van der Waals surface area contributed by atoms with Gasteiger partial charge in [0.2, 0.25) is 5.91 Å². The fraction of sp³-hybridized carbons (Fsp3) is 0.625. The number of alkyl halides is 2. The van der Waals surface area contributed by atoms with E-state index in [2.05, 4.69) is 10.6 Å². The SMILES string of the molecule is CC1(C)Cc2c(c3c(n2-c2cc(F)c(C(N)=O)c(N[C@H]4CC[C@H](C(=O)NCCN5CCC(F)(F)CC5)CC4)c2)COC3)S(=O)(=O)C1. The van der Waals surface area contributed by atoms with Crippen LogP contribution in [0.2, 0.25) is 0 Å². The lowest BCUT2D eigenvalue weighted by Gasteiger charge is -2.32. The minimum atomic E-state index is -3.60. The molecule has 14 heteroatoms. The predicted octanol–water partition coefficient (Wildman–Crippen LogP) is 3.92. The average molecular weight is 666 g/mol. The number of sulfone groups is 1. The lowest BCUT2D eigenvalue weighted by molar-refractivity contribution is -0.126. The first kappa shape index (κ1) is 32.8. The van der Waals surface area contributed by atoms with E-state index in [-0.39, 0.29) is 65.8 Å². The standard InChI is InChI=1S/C32H42F3N5O5S/c1-31(2)15-25-28(46(43,44)18-31)22-16-45-17-26(22)40(25)21-13-23(33)27(29(36)41)24(14-21)38-20-5-3-19(4-6-20)30(42)37-9-12-39-10-7-32(34,35)8-11-39/h13-14,19-20,38H,3-12,15-18H2,1-2H3,(H2,36,41)(H,37,42)/t19-,20-. The van der Waals surface area contributed by atoms with Crippen LogP contribution in [0.15, 0.2) is 17.0 Å². The lowest BCUT2D eigenvalue weighted by Crippen LogP contribution is -2.44. The first-order valence-corrected chi connectivity index (χ1v) is 17.6. The number of fused-ring (bicyclic) bond motifs is 3. The molecule has 3 aliphatic heterocycles. The van der Waals surface area contributed by atoms with Gasteiger partial charge in [0.25, 0.3) is 11.8 Å². The number of benzene rings is 1. The van der Waals surface area contributed by atoms with Gasteiger partial charge in [-0.15, -0.1) is 0 Å². The van der Waals surface area contributed by atoms with Gasteiger partial charge in [0.1, 0.15) is 5.82 Å². The van der Waals surface area contributed by atoms with Crippen LogP contribution in [0.3, 0.4) is 0 Å². The van der Waals surface area contributed by atoms with E-state index in [1.54, 1.807) is 10.6 Å². The molecular weight excluding hydrogens is 623 g/mol. The van der Waals surface area contributed by atoms with E-state index in [1.165, 1.54) is 6.07 Å². The second-order valence-corrected chi connectivity index (χ2v) is 16.0. The van der Waals surface area contributed by atoms with Crippen molar-refractivity contribution in [2.75, 3.05) is 37.2 Å². The molecule has 4 N–H and O–H groups in total. The topological polar surface area (TPSA) is 136 Å². The maximum absolute atomic E-state index is 15.7. The van der Waals surface area contributed by atoms with Gasteiger partial charge in [0.05, 0.1) is 46.5 Å². The first-order chi connectivity index (χ1) is 21.6. The molecule has 4 aliphatic rings. The monoisotopic (exact) mass is 665 g/mol. The molecule has 2 fully saturated rings. The van der Waals surface area contributed by atoms with Gasteiger partial charge in [-0.3, -0.25) is 9.59 Å². The molecule has 0 atom stereocenters. The Labute approximate surface area is 267 Å². The Balaban J connectivity index is 1.16. The molecule has 0 radical (unpaired) electrons. The summed E-state index contributed by atoms with van der Waals surface area (Å²) in [6.45, 7) is 5.68. The van der Waals surface area contributed by atoms with Crippen molar-refractivity contribution in [1.82, 2.24) is 14.8 Å². The Hall–Kier alpha value is -3.10. The molecule has 10 nitrogen and oxygen atoms in total. The second-order valence-electron chi connectivity index (χ2n) is 14.0. The molecular formula is C32H42F3N5O5S. The van der Waals surface area contributed by atoms with Gasteiger partial charge in [0.15, 0.2) is 9.84 Å². The summed E-state index contributed by atoms with van der Waals surface area (Å²) in [5, 5.41) is 6.24. The van der Waals surface area contributed by atoms with E-state index in [4.69, 9.17) is 10.5 Å². The highest BCUT2D eigenvalue weighted by Gasteiger charge is 2.43. The third-order valence-electron chi connectivity index (χ3n) is 9.80. The van der Waals surface area contributed by atoms with Crippen molar-refractivity contribution in [2.45, 2.75) is 88.9 Å². The Morgan fingerprint density at radius 2 is 1.76 bits per heavy atom. The number of rotatable bonds is 8. The predicted molar refractivity (Wildman–Crippen MR) is 165 cm³/mol. The summed E-state index contributed by atoms with van der Waals surface area (Å²) in [6.07, 6.45) is 2.50. The fourth-order valence-corrected chi connectivity index (χ4v) is 9.92. The Morgan fingerprint density at radius 3 is 2.43 bits per heavy atom. The number of carbonyl (C=O) groups is 2. The summed E-state index contributed by atoms with van der Waals surface area (Å²) in [7, 11) is -3.60. The highest BCUT2D eigenvalue weighted by molar-refractivity contribution is 7.91. The quantitative estimate of drug-likeness (QED) is 0.389. The summed E-state index contributed by atoms with van der Waals surface area (Å²) in [5.41, 5.74) is 7.27. The van der Waals surface area contributed by atoms with Crippen LogP contribution in [0.1, 0.15) is 79.7 Å². The van der Waals surface area contributed by atoms with Crippen molar-refractivity contribution in [3.63, 3.8) is 0 Å². The van der Waals surface area contributed by atoms with Crippen LogP contribution in [0.4, 0.5) is 18.9 Å². The van der Waals surface area contributed by atoms with Crippen LogP contribution in [0.25, 0.3) is 5.69 Å². The highest BCUT2D eigenvalue weighted by Crippen LogP contribution is 2.44. The number of anilines is 1. The summed E-state index contributed by atoms with van der Waals surface area (Å²) >= 11 is 0. The molecule has 252 valence electrons. The number of likely N-dealkylation sites (tertiary alicyclic amines) is 1. The molecule has 46 heavy (non-hydrogen) atoms. The number of aromatic nitrogens is 1. The molecule has 0 unspecified atom stereocenters. The maximum atomic E-state index is 15.7. The molecule has 1 aliphatic carbocycles. The summed E-state index contributed by atoms with van der Waals surface area (Å²) < 4.78 is 76.6. The maximum Gasteiger partial charge on any atom is 0.253 e. The minimum Gasteiger partial charge on any atom is -0.382 e. The normalized spacial score (nSPS) is 25.0. The number of piperidine rings is 1. The fourth-order valence-electron chi connectivity index (χ4n) is 7.57. The molecule has 1 saturated heterocycles. The van der Waals surface area contributed by atoms with E-state index in [0.29, 0.717) is 80.9 Å². The van der Waals surface area contributed by atoms with Crippen LogP contribution < -0.4 is 16.4 Å². The Bertz CT molecular complexity index is 1640. The number of nitrogens with zero attached hydrogens (tertiary/aromatic N) is 2. The van der Waals surface area contributed by atoms with E-state index in [1.807, 2.05) is 18.7 Å². The minimum absolute atomic E-state index is 0.00583. The molecule has 0 bridgehead atoms. The van der Waals surface area contributed by atoms with E-state index in [0.717, 1.165) is 0 Å². The number of carbonyl (C=O) groups excluding carboxylic acids is 2.